The number of hydrogen-bond donors (Lipinski definition) is 1. The van der Waals surface area contributed by atoms with Crippen LogP contribution in [0.1, 0.15) is 25.7 Å². The first-order valence-corrected chi connectivity index (χ1v) is 9.71. The second-order valence-corrected chi connectivity index (χ2v) is 7.14. The molecule has 7 heteroatoms. The number of amides is 1. The first-order valence-electron chi connectivity index (χ1n) is 9.71. The number of carbonyl (C=O) groups is 1. The van der Waals surface area contributed by atoms with Crippen LogP contribution in [0.4, 0.5) is 4.39 Å². The molecule has 1 aliphatic rings. The molecule has 0 saturated heterocycles. The Balaban J connectivity index is 1.20. The Kier molecular flexibility index (Phi) is 5.84. The normalized spacial score (nSPS) is 18.9. The van der Waals surface area contributed by atoms with Gasteiger partial charge < -0.3 is 14.8 Å². The fourth-order valence-corrected chi connectivity index (χ4v) is 3.51. The van der Waals surface area contributed by atoms with Gasteiger partial charge in [-0.15, -0.1) is 0 Å². The smallest absolute Gasteiger partial charge is 0.316 e. The summed E-state index contributed by atoms with van der Waals surface area (Å²) in [5, 5.41) is 5.23. The number of fused-ring (bicyclic) bond motifs is 1. The molecule has 4 rings (SSSR count). The zero-order chi connectivity index (χ0) is 20.1. The van der Waals surface area contributed by atoms with Gasteiger partial charge in [-0.05, 0) is 48.6 Å². The maximum Gasteiger partial charge on any atom is 0.316 e. The number of nitrogens with one attached hydrogen (secondary N) is 1. The van der Waals surface area contributed by atoms with Gasteiger partial charge in [-0.25, -0.2) is 14.4 Å². The van der Waals surface area contributed by atoms with Crippen LogP contribution in [0.3, 0.4) is 0 Å². The maximum absolute atomic E-state index is 12.8. The van der Waals surface area contributed by atoms with Crippen molar-refractivity contribution in [3.8, 4) is 11.8 Å². The van der Waals surface area contributed by atoms with Gasteiger partial charge in [0.1, 0.15) is 11.9 Å². The molecule has 0 radical (unpaired) electrons. The Hall–Kier alpha value is -3.22. The highest BCUT2D eigenvalue weighted by molar-refractivity contribution is 5.84. The lowest BCUT2D eigenvalue weighted by Crippen LogP contribution is -2.41. The van der Waals surface area contributed by atoms with Crippen LogP contribution in [0.5, 0.6) is 11.8 Å². The summed E-state index contributed by atoms with van der Waals surface area (Å²) in [7, 11) is 0. The van der Waals surface area contributed by atoms with Crippen molar-refractivity contribution < 1.29 is 18.7 Å². The number of halogens is 1. The minimum Gasteiger partial charge on any atom is -0.484 e. The van der Waals surface area contributed by atoms with Crippen molar-refractivity contribution in [3.63, 3.8) is 0 Å². The Bertz CT molecular complexity index is 972. The van der Waals surface area contributed by atoms with Gasteiger partial charge in [0.25, 0.3) is 5.91 Å². The Morgan fingerprint density at radius 2 is 1.76 bits per heavy atom. The third-order valence-corrected chi connectivity index (χ3v) is 5.00. The molecule has 0 bridgehead atoms. The van der Waals surface area contributed by atoms with Crippen LogP contribution in [-0.4, -0.2) is 34.6 Å². The van der Waals surface area contributed by atoms with E-state index in [4.69, 9.17) is 9.47 Å². The molecule has 1 fully saturated rings. The quantitative estimate of drug-likeness (QED) is 0.690. The second kappa shape index (κ2) is 8.86. The zero-order valence-corrected chi connectivity index (χ0v) is 15.9. The highest BCUT2D eigenvalue weighted by Crippen LogP contribution is 2.23. The van der Waals surface area contributed by atoms with Crippen LogP contribution in [0.15, 0.2) is 54.9 Å². The lowest BCUT2D eigenvalue weighted by molar-refractivity contribution is -0.124. The minimum atomic E-state index is -0.491. The van der Waals surface area contributed by atoms with Crippen LogP contribution in [0.2, 0.25) is 0 Å². The van der Waals surface area contributed by atoms with E-state index in [2.05, 4.69) is 15.3 Å². The summed E-state index contributed by atoms with van der Waals surface area (Å²) in [6.07, 6.45) is 5.30. The molecule has 6 nitrogen and oxygen atoms in total. The van der Waals surface area contributed by atoms with Crippen molar-refractivity contribution in [3.05, 3.63) is 60.7 Å². The van der Waals surface area contributed by atoms with E-state index in [1.807, 2.05) is 42.5 Å². The number of rotatable bonds is 6. The lowest BCUT2D eigenvalue weighted by atomic mass is 9.93. The van der Waals surface area contributed by atoms with Crippen molar-refractivity contribution in [2.75, 3.05) is 6.61 Å². The van der Waals surface area contributed by atoms with Crippen LogP contribution in [0, 0.1) is 5.82 Å². The fraction of sp³-hybridized carbons (Fsp3) is 0.318. The summed E-state index contributed by atoms with van der Waals surface area (Å²) in [5.41, 5.74) is 0. The summed E-state index contributed by atoms with van der Waals surface area (Å²) in [6, 6.07) is 14.1. The number of carbonyl (C=O) groups excluding carboxylic acids is 1. The van der Waals surface area contributed by atoms with Crippen molar-refractivity contribution in [1.82, 2.24) is 15.3 Å². The molecule has 0 unspecified atom stereocenters. The molecule has 1 aliphatic carbocycles. The van der Waals surface area contributed by atoms with Crippen LogP contribution in [0.25, 0.3) is 10.8 Å². The third kappa shape index (κ3) is 5.19. The molecule has 0 atom stereocenters. The highest BCUT2D eigenvalue weighted by atomic mass is 19.1. The van der Waals surface area contributed by atoms with Gasteiger partial charge >= 0.3 is 6.01 Å². The van der Waals surface area contributed by atoms with Gasteiger partial charge in [-0.2, -0.15) is 0 Å². The van der Waals surface area contributed by atoms with Gasteiger partial charge in [0.05, 0.1) is 12.4 Å². The molecule has 1 aromatic heterocycles. The molecule has 1 heterocycles. The fourth-order valence-electron chi connectivity index (χ4n) is 3.51. The molecule has 29 heavy (non-hydrogen) atoms. The van der Waals surface area contributed by atoms with Gasteiger partial charge in [0.2, 0.25) is 0 Å². The monoisotopic (exact) mass is 395 g/mol. The number of nitrogens with zero attached hydrogens (tertiary/aromatic N) is 2. The Morgan fingerprint density at radius 1 is 1.03 bits per heavy atom. The van der Waals surface area contributed by atoms with E-state index < -0.39 is 5.82 Å². The standard InChI is InChI=1S/C22H22FN3O3/c23-17-12-24-22(25-13-17)29-19-9-6-18(7-10-19)26-21(27)14-28-20-8-5-15-3-1-2-4-16(15)11-20/h1-5,8,11-13,18-19H,6-7,9-10,14H2,(H,26,27). The van der Waals surface area contributed by atoms with E-state index in [1.54, 1.807) is 0 Å². The van der Waals surface area contributed by atoms with Crippen molar-refractivity contribution in [2.24, 2.45) is 0 Å². The van der Waals surface area contributed by atoms with Crippen molar-refractivity contribution in [2.45, 2.75) is 37.8 Å². The number of ether oxygens (including phenoxy) is 2. The molecule has 0 spiro atoms. The zero-order valence-electron chi connectivity index (χ0n) is 15.9. The Morgan fingerprint density at radius 3 is 2.52 bits per heavy atom. The topological polar surface area (TPSA) is 73.3 Å². The van der Waals surface area contributed by atoms with Gasteiger partial charge in [0, 0.05) is 6.04 Å². The molecule has 0 aliphatic heterocycles. The minimum absolute atomic E-state index is 0.0157. The van der Waals surface area contributed by atoms with Crippen molar-refractivity contribution >= 4 is 16.7 Å². The molecule has 1 saturated carbocycles. The van der Waals surface area contributed by atoms with Crippen LogP contribution < -0.4 is 14.8 Å². The van der Waals surface area contributed by atoms with E-state index in [1.165, 1.54) is 0 Å². The van der Waals surface area contributed by atoms with E-state index >= 15 is 0 Å². The molecular weight excluding hydrogens is 373 g/mol. The SMILES string of the molecule is O=C(COc1ccc2ccccc2c1)NC1CCC(Oc2ncc(F)cn2)CC1. The molecule has 1 N–H and O–H groups in total. The summed E-state index contributed by atoms with van der Waals surface area (Å²) in [5.74, 6) is 0.0503. The summed E-state index contributed by atoms with van der Waals surface area (Å²) < 4.78 is 24.2. The first kappa shape index (κ1) is 19.1. The molecular formula is C22H22FN3O3. The molecule has 3 aromatic rings. The van der Waals surface area contributed by atoms with Gasteiger partial charge in [-0.3, -0.25) is 4.79 Å². The predicted molar refractivity (Wildman–Crippen MR) is 106 cm³/mol. The summed E-state index contributed by atoms with van der Waals surface area (Å²) in [4.78, 5) is 19.9. The molecule has 1 amide bonds. The summed E-state index contributed by atoms with van der Waals surface area (Å²) >= 11 is 0. The van der Waals surface area contributed by atoms with Gasteiger partial charge in [-0.1, -0.05) is 30.3 Å². The number of aromatic nitrogens is 2. The van der Waals surface area contributed by atoms with Crippen molar-refractivity contribution in [1.29, 1.82) is 0 Å². The third-order valence-electron chi connectivity index (χ3n) is 5.00. The van der Waals surface area contributed by atoms with Crippen LogP contribution >= 0.6 is 0 Å². The maximum atomic E-state index is 12.8. The molecule has 2 aromatic carbocycles. The highest BCUT2D eigenvalue weighted by Gasteiger charge is 2.24. The largest absolute Gasteiger partial charge is 0.484 e. The average Bonchev–Trinajstić information content (AvgIpc) is 2.75. The average molecular weight is 395 g/mol. The molecule has 150 valence electrons. The number of benzene rings is 2. The predicted octanol–water partition coefficient (Wildman–Crippen LogP) is 3.65. The van der Waals surface area contributed by atoms with E-state index in [0.29, 0.717) is 5.75 Å². The van der Waals surface area contributed by atoms with E-state index in [-0.39, 0.29) is 30.7 Å². The summed E-state index contributed by atoms with van der Waals surface area (Å²) in [6.45, 7) is -0.0157. The second-order valence-electron chi connectivity index (χ2n) is 7.14. The van der Waals surface area contributed by atoms with Gasteiger partial charge in [0.15, 0.2) is 12.4 Å². The Labute approximate surface area is 168 Å². The van der Waals surface area contributed by atoms with Crippen LogP contribution in [-0.2, 0) is 4.79 Å². The first-order chi connectivity index (χ1) is 14.2. The van der Waals surface area contributed by atoms with E-state index in [0.717, 1.165) is 48.8 Å². The lowest BCUT2D eigenvalue weighted by Gasteiger charge is -2.28. The van der Waals surface area contributed by atoms with E-state index in [9.17, 15) is 9.18 Å². The number of hydrogen-bond acceptors (Lipinski definition) is 5.